The Hall–Kier alpha value is -1.28. The van der Waals surface area contributed by atoms with Crippen LogP contribution in [-0.4, -0.2) is 15.9 Å². The normalized spacial score (nSPS) is 10.2. The second-order valence-corrected chi connectivity index (χ2v) is 4.79. The van der Waals surface area contributed by atoms with Gasteiger partial charge in [-0.2, -0.15) is 0 Å². The van der Waals surface area contributed by atoms with Gasteiger partial charge in [0.15, 0.2) is 0 Å². The summed E-state index contributed by atoms with van der Waals surface area (Å²) in [6.07, 6.45) is 1.43. The first-order valence-corrected chi connectivity index (χ1v) is 6.27. The molecule has 7 heteroatoms. The second kappa shape index (κ2) is 5.57. The zero-order valence-electron chi connectivity index (χ0n) is 8.82. The molecule has 1 amide bonds. The van der Waals surface area contributed by atoms with Gasteiger partial charge in [0.25, 0.3) is 5.91 Å². The Morgan fingerprint density at radius 3 is 2.83 bits per heavy atom. The number of hydrogen-bond acceptors (Lipinski definition) is 3. The minimum atomic E-state index is -0.388. The molecule has 0 aliphatic rings. The van der Waals surface area contributed by atoms with Gasteiger partial charge in [0, 0.05) is 9.77 Å². The van der Waals surface area contributed by atoms with E-state index < -0.39 is 0 Å². The minimum Gasteiger partial charge on any atom is -0.306 e. The predicted molar refractivity (Wildman–Crippen MR) is 74.1 cm³/mol. The second-order valence-electron chi connectivity index (χ2n) is 3.29. The number of nitrogens with zero attached hydrogens (tertiary/aromatic N) is 2. The summed E-state index contributed by atoms with van der Waals surface area (Å²) >= 11 is 7.49. The molecule has 0 atom stereocenters. The lowest BCUT2D eigenvalue weighted by Crippen LogP contribution is -2.14. The summed E-state index contributed by atoms with van der Waals surface area (Å²) in [6.45, 7) is 0. The van der Waals surface area contributed by atoms with Crippen molar-refractivity contribution in [3.63, 3.8) is 0 Å². The van der Waals surface area contributed by atoms with E-state index >= 15 is 0 Å². The van der Waals surface area contributed by atoms with Crippen LogP contribution in [0.1, 0.15) is 10.4 Å². The first-order chi connectivity index (χ1) is 8.56. The lowest BCUT2D eigenvalue weighted by atomic mass is 10.2. The lowest BCUT2D eigenvalue weighted by molar-refractivity contribution is 0.102. The summed E-state index contributed by atoms with van der Waals surface area (Å²) in [5, 5.41) is 2.60. The molecule has 0 saturated carbocycles. The molecule has 1 heterocycles. The Balaban J connectivity index is 2.22. The molecule has 0 saturated heterocycles. The molecule has 2 rings (SSSR count). The number of anilines is 1. The zero-order valence-corrected chi connectivity index (χ0v) is 11.7. The van der Waals surface area contributed by atoms with E-state index in [4.69, 9.17) is 11.6 Å². The summed E-state index contributed by atoms with van der Waals surface area (Å²) in [5.74, 6) is -0.477. The fourth-order valence-electron chi connectivity index (χ4n) is 1.26. The van der Waals surface area contributed by atoms with Crippen molar-refractivity contribution in [3.8, 4) is 0 Å². The number of carbonyl (C=O) groups is 1. The fourth-order valence-corrected chi connectivity index (χ4v) is 2.13. The van der Waals surface area contributed by atoms with E-state index in [9.17, 15) is 9.18 Å². The van der Waals surface area contributed by atoms with Crippen LogP contribution in [0.3, 0.4) is 0 Å². The third kappa shape index (κ3) is 3.14. The zero-order chi connectivity index (χ0) is 13.1. The highest BCUT2D eigenvalue weighted by atomic mass is 127. The van der Waals surface area contributed by atoms with Gasteiger partial charge < -0.3 is 5.32 Å². The SMILES string of the molecule is O=C(Nc1ccnc(Cl)n1)c1ccc(F)cc1I. The van der Waals surface area contributed by atoms with E-state index in [1.54, 1.807) is 0 Å². The van der Waals surface area contributed by atoms with Gasteiger partial charge in [-0.15, -0.1) is 0 Å². The Kier molecular flexibility index (Phi) is 4.07. The fraction of sp³-hybridized carbons (Fsp3) is 0. The van der Waals surface area contributed by atoms with Crippen molar-refractivity contribution in [1.29, 1.82) is 0 Å². The van der Waals surface area contributed by atoms with Crippen molar-refractivity contribution >= 4 is 45.9 Å². The van der Waals surface area contributed by atoms with E-state index in [0.717, 1.165) is 0 Å². The summed E-state index contributed by atoms with van der Waals surface area (Å²) in [5.41, 5.74) is 0.367. The Labute approximate surface area is 121 Å². The molecule has 0 fully saturated rings. The topological polar surface area (TPSA) is 54.9 Å². The summed E-state index contributed by atoms with van der Waals surface area (Å²) in [4.78, 5) is 19.4. The van der Waals surface area contributed by atoms with Crippen molar-refractivity contribution < 1.29 is 9.18 Å². The van der Waals surface area contributed by atoms with Gasteiger partial charge in [-0.25, -0.2) is 14.4 Å². The van der Waals surface area contributed by atoms with E-state index in [-0.39, 0.29) is 17.0 Å². The Morgan fingerprint density at radius 2 is 2.17 bits per heavy atom. The van der Waals surface area contributed by atoms with Crippen LogP contribution in [-0.2, 0) is 0 Å². The number of halogens is 3. The van der Waals surface area contributed by atoms with Crippen LogP contribution in [0.2, 0.25) is 5.28 Å². The van der Waals surface area contributed by atoms with Crippen molar-refractivity contribution in [2.45, 2.75) is 0 Å². The Bertz CT molecular complexity index is 609. The molecule has 0 radical (unpaired) electrons. The third-order valence-electron chi connectivity index (χ3n) is 2.04. The molecule has 4 nitrogen and oxygen atoms in total. The van der Waals surface area contributed by atoms with Crippen LogP contribution >= 0.6 is 34.2 Å². The van der Waals surface area contributed by atoms with Crippen molar-refractivity contribution in [3.05, 3.63) is 50.7 Å². The first-order valence-electron chi connectivity index (χ1n) is 4.81. The number of rotatable bonds is 2. The van der Waals surface area contributed by atoms with Crippen molar-refractivity contribution in [2.24, 2.45) is 0 Å². The van der Waals surface area contributed by atoms with E-state index in [0.29, 0.717) is 15.0 Å². The molecule has 0 aliphatic heterocycles. The van der Waals surface area contributed by atoms with E-state index in [1.165, 1.54) is 30.5 Å². The van der Waals surface area contributed by atoms with Crippen LogP contribution in [0.15, 0.2) is 30.5 Å². The van der Waals surface area contributed by atoms with Crippen LogP contribution in [0.4, 0.5) is 10.2 Å². The first kappa shape index (κ1) is 13.2. The van der Waals surface area contributed by atoms with E-state index in [1.807, 2.05) is 22.6 Å². The smallest absolute Gasteiger partial charge is 0.257 e. The highest BCUT2D eigenvalue weighted by Gasteiger charge is 2.11. The maximum atomic E-state index is 12.9. The molecular weight excluding hydrogens is 371 g/mol. The number of hydrogen-bond donors (Lipinski definition) is 1. The standard InChI is InChI=1S/C11H6ClFIN3O/c12-11-15-4-3-9(17-11)16-10(18)7-2-1-6(13)5-8(7)14/h1-5H,(H,15,16,17,18). The quantitative estimate of drug-likeness (QED) is 0.646. The molecule has 0 unspecified atom stereocenters. The highest BCUT2D eigenvalue weighted by Crippen LogP contribution is 2.15. The van der Waals surface area contributed by atoms with Crippen LogP contribution < -0.4 is 5.32 Å². The van der Waals surface area contributed by atoms with Gasteiger partial charge in [0.1, 0.15) is 11.6 Å². The summed E-state index contributed by atoms with van der Waals surface area (Å²) in [6, 6.07) is 5.43. The largest absolute Gasteiger partial charge is 0.306 e. The highest BCUT2D eigenvalue weighted by molar-refractivity contribution is 14.1. The predicted octanol–water partition coefficient (Wildman–Crippen LogP) is 3.13. The maximum Gasteiger partial charge on any atom is 0.257 e. The van der Waals surface area contributed by atoms with E-state index in [2.05, 4.69) is 15.3 Å². The number of aromatic nitrogens is 2. The average molecular weight is 378 g/mol. The molecule has 0 spiro atoms. The van der Waals surface area contributed by atoms with Crippen molar-refractivity contribution in [2.75, 3.05) is 5.32 Å². The summed E-state index contributed by atoms with van der Waals surface area (Å²) in [7, 11) is 0. The summed E-state index contributed by atoms with van der Waals surface area (Å²) < 4.78 is 13.4. The Morgan fingerprint density at radius 1 is 1.39 bits per heavy atom. The monoisotopic (exact) mass is 377 g/mol. The van der Waals surface area contributed by atoms with Gasteiger partial charge in [-0.05, 0) is 58.5 Å². The number of benzene rings is 1. The lowest BCUT2D eigenvalue weighted by Gasteiger charge is -2.06. The molecule has 18 heavy (non-hydrogen) atoms. The molecule has 0 aliphatic carbocycles. The molecule has 1 N–H and O–H groups in total. The molecule has 92 valence electrons. The van der Waals surface area contributed by atoms with Gasteiger partial charge in [-0.1, -0.05) is 0 Å². The van der Waals surface area contributed by atoms with Gasteiger partial charge in [0.05, 0.1) is 5.56 Å². The number of amides is 1. The average Bonchev–Trinajstić information content (AvgIpc) is 2.28. The van der Waals surface area contributed by atoms with Crippen molar-refractivity contribution in [1.82, 2.24) is 9.97 Å². The van der Waals surface area contributed by atoms with Crippen LogP contribution in [0.5, 0.6) is 0 Å². The third-order valence-corrected chi connectivity index (χ3v) is 3.12. The number of nitrogens with one attached hydrogen (secondary N) is 1. The molecule has 1 aromatic carbocycles. The van der Waals surface area contributed by atoms with Crippen LogP contribution in [0, 0.1) is 9.39 Å². The maximum absolute atomic E-state index is 12.9. The molecule has 1 aromatic heterocycles. The molecular formula is C11H6ClFIN3O. The number of carbonyl (C=O) groups excluding carboxylic acids is 1. The minimum absolute atomic E-state index is 0.0432. The molecule has 0 bridgehead atoms. The van der Waals surface area contributed by atoms with Gasteiger partial charge in [0.2, 0.25) is 5.28 Å². The van der Waals surface area contributed by atoms with Gasteiger partial charge in [-0.3, -0.25) is 4.79 Å². The molecule has 2 aromatic rings. The van der Waals surface area contributed by atoms with Crippen LogP contribution in [0.25, 0.3) is 0 Å². The van der Waals surface area contributed by atoms with Gasteiger partial charge >= 0.3 is 0 Å².